The average Bonchev–Trinajstić information content (AvgIpc) is 4.12. The Balaban J connectivity index is 0.695. The smallest absolute Gasteiger partial charge is 0.338 e. The van der Waals surface area contributed by atoms with Crippen LogP contribution in [0.5, 0.6) is 0 Å². The van der Waals surface area contributed by atoms with E-state index in [1.165, 1.54) is 0 Å². The minimum absolute atomic E-state index is 0.0419. The average molecular weight is 975 g/mol. The van der Waals surface area contributed by atoms with Crippen LogP contribution in [0.4, 0.5) is 11.4 Å². The molecule has 0 bridgehead atoms. The van der Waals surface area contributed by atoms with Gasteiger partial charge >= 0.3 is 11.9 Å². The van der Waals surface area contributed by atoms with E-state index in [0.717, 1.165) is 106 Å². The summed E-state index contributed by atoms with van der Waals surface area (Å²) in [4.78, 5) is 26.6. The lowest BCUT2D eigenvalue weighted by molar-refractivity contribution is 0.0484. The second kappa shape index (κ2) is 20.2. The van der Waals surface area contributed by atoms with Crippen LogP contribution in [0.3, 0.4) is 0 Å². The van der Waals surface area contributed by atoms with Crippen molar-refractivity contribution >= 4 is 54.4 Å². The highest BCUT2D eigenvalue weighted by Gasteiger charge is 2.36. The molecule has 12 nitrogen and oxygen atoms in total. The van der Waals surface area contributed by atoms with Crippen molar-refractivity contribution in [1.82, 2.24) is 0 Å². The molecule has 0 radical (unpaired) electrons. The van der Waals surface area contributed by atoms with Gasteiger partial charge < -0.3 is 9.47 Å². The van der Waals surface area contributed by atoms with Gasteiger partial charge in [-0.25, -0.2) is 26.4 Å². The van der Waals surface area contributed by atoms with Gasteiger partial charge in [0.05, 0.1) is 82.2 Å². The van der Waals surface area contributed by atoms with E-state index < -0.39 is 19.7 Å². The SMILES string of the molecule is O=C(OCCCCCCCCOC(=O)c1ccc2c(c1)-c1ccccc1C2=NN(c1ccccc1)C1CCS(=O)(=O)C1)c1ccc2c(c1)-c1ccccc1C2=NN(c1ccccc1)C1CCS(=O)(=O)C1. The number of anilines is 2. The summed E-state index contributed by atoms with van der Waals surface area (Å²) in [7, 11) is -6.31. The maximum Gasteiger partial charge on any atom is 0.338 e. The van der Waals surface area contributed by atoms with Crippen LogP contribution in [0.2, 0.25) is 0 Å². The first-order valence-corrected chi connectivity index (χ1v) is 27.8. The van der Waals surface area contributed by atoms with E-state index in [2.05, 4.69) is 0 Å². The maximum absolute atomic E-state index is 13.3. The standard InChI is InChI=1S/C56H54N4O8S2/c61-55(39-25-27-49-51(35-39)45-21-11-13-23-47(45)53(49)57-59(41-17-7-5-8-18-41)43-29-33-69(63,64)37-43)67-31-15-3-1-2-4-16-32-68-56(62)40-26-28-50-52(36-40)46-22-12-14-24-48(46)54(50)58-60(42-19-9-6-10-20-42)44-30-34-70(65,66)38-44/h5-14,17-28,35-36,43-44H,1-4,15-16,29-34,37-38H2. The van der Waals surface area contributed by atoms with Crippen molar-refractivity contribution in [3.63, 3.8) is 0 Å². The molecular weight excluding hydrogens is 921 g/mol. The van der Waals surface area contributed by atoms with Crippen molar-refractivity contribution in [1.29, 1.82) is 0 Å². The van der Waals surface area contributed by atoms with Gasteiger partial charge in [-0.2, -0.15) is 10.2 Å². The Kier molecular flexibility index (Phi) is 13.5. The maximum atomic E-state index is 13.3. The van der Waals surface area contributed by atoms with Crippen LogP contribution in [0.15, 0.2) is 156 Å². The van der Waals surface area contributed by atoms with Crippen molar-refractivity contribution in [2.75, 3.05) is 46.2 Å². The van der Waals surface area contributed by atoms with Crippen molar-refractivity contribution in [3.8, 4) is 22.3 Å². The quantitative estimate of drug-likeness (QED) is 0.0490. The zero-order valence-corrected chi connectivity index (χ0v) is 40.4. The van der Waals surface area contributed by atoms with Crippen molar-refractivity contribution in [2.24, 2.45) is 10.2 Å². The Morgan fingerprint density at radius 1 is 0.443 bits per heavy atom. The lowest BCUT2D eigenvalue weighted by atomic mass is 10.0. The van der Waals surface area contributed by atoms with E-state index in [4.69, 9.17) is 19.7 Å². The van der Waals surface area contributed by atoms with Crippen LogP contribution < -0.4 is 10.0 Å². The van der Waals surface area contributed by atoms with Crippen molar-refractivity contribution < 1.29 is 35.9 Å². The predicted molar refractivity (Wildman–Crippen MR) is 275 cm³/mol. The minimum atomic E-state index is -3.16. The summed E-state index contributed by atoms with van der Waals surface area (Å²) < 4.78 is 61.5. The zero-order chi connectivity index (χ0) is 48.2. The summed E-state index contributed by atoms with van der Waals surface area (Å²) in [6, 6.07) is 45.7. The molecule has 358 valence electrons. The van der Waals surface area contributed by atoms with Gasteiger partial charge in [-0.3, -0.25) is 10.0 Å². The molecule has 2 saturated heterocycles. The van der Waals surface area contributed by atoms with Gasteiger partial charge in [-0.05, 0) is 96.5 Å². The number of hydrogen-bond donors (Lipinski definition) is 0. The number of esters is 2. The van der Waals surface area contributed by atoms with Crippen LogP contribution in [0.25, 0.3) is 22.3 Å². The van der Waals surface area contributed by atoms with Gasteiger partial charge in [0.1, 0.15) is 0 Å². The van der Waals surface area contributed by atoms with Gasteiger partial charge in [-0.1, -0.05) is 123 Å². The number of benzene rings is 6. The molecule has 0 aromatic heterocycles. The van der Waals surface area contributed by atoms with E-state index in [1.807, 2.05) is 143 Å². The van der Waals surface area contributed by atoms with Crippen molar-refractivity contribution in [3.05, 3.63) is 179 Å². The molecule has 0 saturated carbocycles. The fourth-order valence-corrected chi connectivity index (χ4v) is 13.4. The van der Waals surface area contributed by atoms with E-state index in [9.17, 15) is 26.4 Å². The number of ether oxygens (including phenoxy) is 2. The number of hydrazone groups is 2. The number of hydrogen-bond acceptors (Lipinski definition) is 12. The number of sulfone groups is 2. The lowest BCUT2D eigenvalue weighted by Crippen LogP contribution is -2.33. The van der Waals surface area contributed by atoms with E-state index in [1.54, 1.807) is 12.1 Å². The Labute approximate surface area is 409 Å². The fraction of sp³-hybridized carbons (Fsp3) is 0.286. The Morgan fingerprint density at radius 3 is 1.19 bits per heavy atom. The third kappa shape index (κ3) is 10.1. The highest BCUT2D eigenvalue weighted by molar-refractivity contribution is 7.92. The predicted octanol–water partition coefficient (Wildman–Crippen LogP) is 9.89. The molecule has 0 amide bonds. The molecule has 2 unspecified atom stereocenters. The fourth-order valence-electron chi connectivity index (χ4n) is 9.98. The van der Waals surface area contributed by atoms with Crippen LogP contribution in [0, 0.1) is 0 Å². The highest BCUT2D eigenvalue weighted by atomic mass is 32.2. The molecule has 4 aliphatic rings. The molecule has 0 N–H and O–H groups in total. The van der Waals surface area contributed by atoms with Gasteiger partial charge in [0, 0.05) is 22.3 Å². The summed E-state index contributed by atoms with van der Waals surface area (Å²) >= 11 is 0. The van der Waals surface area contributed by atoms with Crippen molar-refractivity contribution in [2.45, 2.75) is 63.5 Å². The zero-order valence-electron chi connectivity index (χ0n) is 38.8. The number of unbranched alkanes of at least 4 members (excludes halogenated alkanes) is 5. The number of fused-ring (bicyclic) bond motifs is 6. The second-order valence-corrected chi connectivity index (χ2v) is 22.8. The summed E-state index contributed by atoms with van der Waals surface area (Å²) in [6.45, 7) is 0.615. The monoisotopic (exact) mass is 974 g/mol. The minimum Gasteiger partial charge on any atom is -0.462 e. The topological polar surface area (TPSA) is 152 Å². The van der Waals surface area contributed by atoms with Gasteiger partial charge in [0.25, 0.3) is 0 Å². The summed E-state index contributed by atoms with van der Waals surface area (Å²) in [5.74, 6) is -0.417. The van der Waals surface area contributed by atoms with Crippen LogP contribution in [-0.2, 0) is 29.1 Å². The molecule has 2 atom stereocenters. The number of para-hydroxylation sites is 2. The first-order valence-electron chi connectivity index (χ1n) is 24.1. The molecule has 14 heteroatoms. The number of rotatable bonds is 17. The summed E-state index contributed by atoms with van der Waals surface area (Å²) in [5.41, 5.74) is 11.3. The molecule has 6 aromatic rings. The molecule has 2 aliphatic heterocycles. The molecule has 2 heterocycles. The number of nitrogens with zero attached hydrogens (tertiary/aromatic N) is 4. The molecule has 2 fully saturated rings. The molecule has 6 aromatic carbocycles. The lowest BCUT2D eigenvalue weighted by Gasteiger charge is -2.26. The first kappa shape index (κ1) is 46.8. The second-order valence-electron chi connectivity index (χ2n) is 18.4. The Bertz CT molecular complexity index is 3020. The van der Waals surface area contributed by atoms with E-state index in [-0.39, 0.29) is 47.0 Å². The van der Waals surface area contributed by atoms with Crippen LogP contribution >= 0.6 is 0 Å². The summed E-state index contributed by atoms with van der Waals surface area (Å²) in [5, 5.41) is 14.0. The summed E-state index contributed by atoms with van der Waals surface area (Å²) in [6.07, 6.45) is 6.18. The first-order chi connectivity index (χ1) is 34.0. The molecular formula is C56H54N4O8S2. The molecule has 0 spiro atoms. The van der Waals surface area contributed by atoms with Gasteiger partial charge in [0.2, 0.25) is 0 Å². The Hall–Kier alpha value is -6.90. The molecule has 2 aliphatic carbocycles. The third-order valence-electron chi connectivity index (χ3n) is 13.5. The van der Waals surface area contributed by atoms with Crippen LogP contribution in [0.1, 0.15) is 94.3 Å². The molecule has 10 rings (SSSR count). The highest BCUT2D eigenvalue weighted by Crippen LogP contribution is 2.41. The Morgan fingerprint density at radius 2 is 0.800 bits per heavy atom. The van der Waals surface area contributed by atoms with Crippen LogP contribution in [-0.4, -0.2) is 88.5 Å². The normalized spacial score (nSPS) is 19.0. The largest absolute Gasteiger partial charge is 0.462 e. The van der Waals surface area contributed by atoms with Gasteiger partial charge in [-0.15, -0.1) is 0 Å². The number of carbonyl (C=O) groups excluding carboxylic acids is 2. The third-order valence-corrected chi connectivity index (χ3v) is 17.0. The van der Waals surface area contributed by atoms with E-state index >= 15 is 0 Å². The number of carbonyl (C=O) groups is 2. The van der Waals surface area contributed by atoms with Gasteiger partial charge in [0.15, 0.2) is 19.7 Å². The van der Waals surface area contributed by atoms with E-state index in [0.29, 0.717) is 37.2 Å². The molecule has 70 heavy (non-hydrogen) atoms.